The lowest BCUT2D eigenvalue weighted by Crippen LogP contribution is -2.45. The number of nitrogens with zero attached hydrogens (tertiary/aromatic N) is 4. The van der Waals surface area contributed by atoms with Gasteiger partial charge in [-0.15, -0.1) is 0 Å². The maximum atomic E-state index is 14.2. The van der Waals surface area contributed by atoms with Gasteiger partial charge in [0.15, 0.2) is 0 Å². The van der Waals surface area contributed by atoms with E-state index < -0.39 is 5.41 Å². The van der Waals surface area contributed by atoms with E-state index in [-0.39, 0.29) is 36.5 Å². The highest BCUT2D eigenvalue weighted by atomic mass is 19.1. The van der Waals surface area contributed by atoms with Gasteiger partial charge in [-0.05, 0) is 62.6 Å². The molecule has 0 bridgehead atoms. The quantitative estimate of drug-likeness (QED) is 0.604. The second-order valence-electron chi connectivity index (χ2n) is 10.7. The number of carbonyl (C=O) groups excluding carboxylic acids is 1. The van der Waals surface area contributed by atoms with E-state index in [2.05, 4.69) is 15.2 Å². The Balaban J connectivity index is 1.32. The number of rotatable bonds is 5. The lowest BCUT2D eigenvalue weighted by atomic mass is 9.65. The summed E-state index contributed by atoms with van der Waals surface area (Å²) in [5, 5.41) is 13.5. The minimum absolute atomic E-state index is 0.0469. The number of nitrogens with two attached hydrogens (primary N) is 1. The van der Waals surface area contributed by atoms with E-state index in [1.807, 2.05) is 0 Å². The van der Waals surface area contributed by atoms with Gasteiger partial charge in [-0.3, -0.25) is 4.79 Å². The van der Waals surface area contributed by atoms with Crippen LogP contribution in [0.3, 0.4) is 0 Å². The Morgan fingerprint density at radius 1 is 1.20 bits per heavy atom. The second-order valence-corrected chi connectivity index (χ2v) is 10.7. The zero-order valence-corrected chi connectivity index (χ0v) is 19.9. The third-order valence-electron chi connectivity index (χ3n) is 8.35. The number of hydrogen-bond donors (Lipinski definition) is 3. The van der Waals surface area contributed by atoms with Crippen LogP contribution in [0.4, 0.5) is 21.8 Å². The molecule has 1 aromatic heterocycles. The molecule has 6 rings (SSSR count). The molecule has 8 nitrogen and oxygen atoms in total. The molecule has 1 aromatic carbocycles. The number of nitrogens with one attached hydrogen (secondary N) is 1. The van der Waals surface area contributed by atoms with Gasteiger partial charge in [0.2, 0.25) is 11.9 Å². The van der Waals surface area contributed by atoms with Gasteiger partial charge in [-0.1, -0.05) is 12.5 Å². The molecular weight excluding hydrogens is 447 g/mol. The minimum atomic E-state index is -0.511. The molecule has 3 heterocycles. The van der Waals surface area contributed by atoms with Gasteiger partial charge >= 0.3 is 0 Å². The number of aliphatic hydroxyl groups is 1. The summed E-state index contributed by atoms with van der Waals surface area (Å²) in [5.41, 5.74) is 8.01. The molecule has 1 amide bonds. The monoisotopic (exact) mass is 480 g/mol. The second kappa shape index (κ2) is 8.71. The zero-order chi connectivity index (χ0) is 24.2. The topological polar surface area (TPSA) is 108 Å². The number of anilines is 3. The van der Waals surface area contributed by atoms with Crippen molar-refractivity contribution in [3.63, 3.8) is 0 Å². The van der Waals surface area contributed by atoms with Crippen LogP contribution in [0.1, 0.15) is 62.5 Å². The normalized spacial score (nSPS) is 27.3. The first-order chi connectivity index (χ1) is 16.9. The summed E-state index contributed by atoms with van der Waals surface area (Å²) in [4.78, 5) is 27.0. The number of carbonyl (C=O) groups is 1. The molecule has 2 aliphatic carbocycles. The molecule has 0 radical (unpaired) electrons. The van der Waals surface area contributed by atoms with E-state index in [1.165, 1.54) is 12.1 Å². The molecule has 1 spiro atoms. The van der Waals surface area contributed by atoms with Crippen molar-refractivity contribution < 1.29 is 14.3 Å². The average molecular weight is 481 g/mol. The largest absolute Gasteiger partial charge is 0.393 e. The Hall–Kier alpha value is -2.78. The fourth-order valence-electron chi connectivity index (χ4n) is 6.13. The van der Waals surface area contributed by atoms with Gasteiger partial charge < -0.3 is 26.0 Å². The van der Waals surface area contributed by atoms with Gasteiger partial charge in [0, 0.05) is 36.9 Å². The number of aliphatic hydroxyl groups excluding tert-OH is 1. The van der Waals surface area contributed by atoms with Crippen molar-refractivity contribution in [2.45, 2.75) is 81.5 Å². The van der Waals surface area contributed by atoms with Crippen LogP contribution in [0.5, 0.6) is 0 Å². The summed E-state index contributed by atoms with van der Waals surface area (Å²) in [7, 11) is 0. The summed E-state index contributed by atoms with van der Waals surface area (Å²) in [6.45, 7) is 1.82. The molecule has 1 saturated heterocycles. The average Bonchev–Trinajstić information content (AvgIpc) is 3.35. The predicted octanol–water partition coefficient (Wildman–Crippen LogP) is 2.84. The van der Waals surface area contributed by atoms with Gasteiger partial charge in [-0.25, -0.2) is 9.37 Å². The highest BCUT2D eigenvalue weighted by Crippen LogP contribution is 2.54. The first-order valence-electron chi connectivity index (χ1n) is 12.9. The summed E-state index contributed by atoms with van der Waals surface area (Å²) in [6, 6.07) is 5.03. The van der Waals surface area contributed by atoms with E-state index in [0.717, 1.165) is 69.0 Å². The Labute approximate surface area is 204 Å². The van der Waals surface area contributed by atoms with E-state index in [4.69, 9.17) is 10.7 Å². The van der Waals surface area contributed by atoms with Crippen molar-refractivity contribution in [2.75, 3.05) is 28.2 Å². The molecule has 3 fully saturated rings. The van der Waals surface area contributed by atoms with E-state index in [9.17, 15) is 14.3 Å². The molecule has 35 heavy (non-hydrogen) atoms. The molecule has 2 aliphatic heterocycles. The minimum Gasteiger partial charge on any atom is -0.393 e. The van der Waals surface area contributed by atoms with Crippen molar-refractivity contribution in [3.05, 3.63) is 41.3 Å². The van der Waals surface area contributed by atoms with Crippen LogP contribution in [0.15, 0.2) is 24.4 Å². The van der Waals surface area contributed by atoms with Gasteiger partial charge in [0.05, 0.1) is 23.8 Å². The van der Waals surface area contributed by atoms with Crippen molar-refractivity contribution in [3.8, 4) is 0 Å². The Kier molecular flexibility index (Phi) is 5.64. The summed E-state index contributed by atoms with van der Waals surface area (Å²) in [5.74, 6) is 1.05. The highest BCUT2D eigenvalue weighted by molar-refractivity contribution is 6.08. The van der Waals surface area contributed by atoms with Gasteiger partial charge in [0.25, 0.3) is 0 Å². The molecule has 4 N–H and O–H groups in total. The predicted molar refractivity (Wildman–Crippen MR) is 132 cm³/mol. The van der Waals surface area contributed by atoms with Gasteiger partial charge in [-0.2, -0.15) is 4.98 Å². The van der Waals surface area contributed by atoms with Crippen molar-refractivity contribution in [1.82, 2.24) is 9.97 Å². The van der Waals surface area contributed by atoms with E-state index in [0.29, 0.717) is 24.0 Å². The van der Waals surface area contributed by atoms with Crippen molar-refractivity contribution >= 4 is 23.4 Å². The molecule has 2 aromatic rings. The van der Waals surface area contributed by atoms with Crippen LogP contribution in [-0.4, -0.2) is 52.3 Å². The molecule has 2 saturated carbocycles. The van der Waals surface area contributed by atoms with Crippen LogP contribution in [0, 0.1) is 5.82 Å². The fraction of sp³-hybridized carbons (Fsp3) is 0.577. The fourth-order valence-corrected chi connectivity index (χ4v) is 6.13. The maximum Gasteiger partial charge on any atom is 0.238 e. The van der Waals surface area contributed by atoms with Crippen LogP contribution in [-0.2, 0) is 16.8 Å². The van der Waals surface area contributed by atoms with Crippen molar-refractivity contribution in [2.24, 2.45) is 5.73 Å². The first kappa shape index (κ1) is 22.7. The number of hydrogen-bond acceptors (Lipinski definition) is 7. The third-order valence-corrected chi connectivity index (χ3v) is 8.35. The third kappa shape index (κ3) is 3.94. The van der Waals surface area contributed by atoms with Gasteiger partial charge in [0.1, 0.15) is 11.6 Å². The van der Waals surface area contributed by atoms with Crippen molar-refractivity contribution in [1.29, 1.82) is 0 Å². The molecule has 4 aliphatic rings. The van der Waals surface area contributed by atoms with Crippen LogP contribution in [0.25, 0.3) is 0 Å². The maximum absolute atomic E-state index is 14.2. The smallest absolute Gasteiger partial charge is 0.238 e. The number of fused-ring (bicyclic) bond motifs is 2. The molecule has 1 atom stereocenters. The molecule has 1 unspecified atom stereocenters. The number of benzene rings is 1. The number of aromatic nitrogens is 2. The van der Waals surface area contributed by atoms with Crippen LogP contribution in [0.2, 0.25) is 0 Å². The Bertz CT molecular complexity index is 1130. The summed E-state index contributed by atoms with van der Waals surface area (Å²) in [6.07, 6.45) is 8.30. The summed E-state index contributed by atoms with van der Waals surface area (Å²) >= 11 is 0. The number of amides is 1. The first-order valence-corrected chi connectivity index (χ1v) is 12.9. The SMILES string of the molecule is NC1CCN(c2ncc(CN3C(=O)C4(CCC4)c4ccc(F)cc43)c(NC3CCC(O)CC3)n2)C1. The zero-order valence-electron chi connectivity index (χ0n) is 19.9. The highest BCUT2D eigenvalue weighted by Gasteiger charge is 2.54. The van der Waals surface area contributed by atoms with Crippen LogP contribution < -0.4 is 20.9 Å². The molecular formula is C26H33FN6O2. The lowest BCUT2D eigenvalue weighted by Gasteiger charge is -2.37. The molecule has 186 valence electrons. The Morgan fingerprint density at radius 3 is 2.69 bits per heavy atom. The number of halogens is 1. The Morgan fingerprint density at radius 2 is 2.00 bits per heavy atom. The lowest BCUT2D eigenvalue weighted by molar-refractivity contribution is -0.126. The summed E-state index contributed by atoms with van der Waals surface area (Å²) < 4.78 is 14.2. The van der Waals surface area contributed by atoms with E-state index in [1.54, 1.807) is 17.2 Å². The van der Waals surface area contributed by atoms with Crippen LogP contribution >= 0.6 is 0 Å². The molecule has 9 heteroatoms. The van der Waals surface area contributed by atoms with E-state index >= 15 is 0 Å². The standard InChI is InChI=1S/C26H33FN6O2/c27-17-2-7-21-22(12-17)33(24(35)26(21)9-1-10-26)14-16-13-29-25(32-11-8-18(28)15-32)31-23(16)30-19-3-5-20(34)6-4-19/h2,7,12-13,18-20,34H,1,3-6,8-11,14-15,28H2,(H,29,30,31).